The third kappa shape index (κ3) is 5.28. The maximum Gasteiger partial charge on any atom is 0.251 e. The van der Waals surface area contributed by atoms with Gasteiger partial charge in [0.25, 0.3) is 5.91 Å². The number of hydrogen-bond donors (Lipinski definition) is 2. The van der Waals surface area contributed by atoms with Crippen molar-refractivity contribution in [3.05, 3.63) is 53.1 Å². The van der Waals surface area contributed by atoms with Crippen molar-refractivity contribution in [2.24, 2.45) is 0 Å². The van der Waals surface area contributed by atoms with Crippen LogP contribution in [-0.2, 0) is 10.0 Å². The molecule has 2 aromatic rings. The lowest BCUT2D eigenvalue weighted by molar-refractivity contribution is 0.0939. The highest BCUT2D eigenvalue weighted by atomic mass is 32.2. The van der Waals surface area contributed by atoms with E-state index in [1.54, 1.807) is 20.3 Å². The van der Waals surface area contributed by atoms with Gasteiger partial charge in [-0.05, 0) is 55.3 Å². The zero-order chi connectivity index (χ0) is 21.6. The van der Waals surface area contributed by atoms with Crippen LogP contribution in [0.5, 0.6) is 11.5 Å². The number of ether oxygens (including phenoxy) is 2. The number of nitrogens with one attached hydrogen (secondary N) is 2. The first-order valence-corrected chi connectivity index (χ1v) is 10.3. The number of amides is 1. The molecule has 1 atom stereocenters. The summed E-state index contributed by atoms with van der Waals surface area (Å²) in [5.41, 5.74) is 2.00. The average Bonchev–Trinajstić information content (AvgIpc) is 2.71. The molecule has 1 unspecified atom stereocenters. The van der Waals surface area contributed by atoms with Crippen LogP contribution in [0.3, 0.4) is 0 Å². The Hall–Kier alpha value is -3.02. The molecule has 154 valence electrons. The summed E-state index contributed by atoms with van der Waals surface area (Å²) < 4.78 is 37.3. The van der Waals surface area contributed by atoms with Gasteiger partial charge in [-0.25, -0.2) is 8.42 Å². The third-order valence-electron chi connectivity index (χ3n) is 4.36. The van der Waals surface area contributed by atoms with Gasteiger partial charge in [-0.2, -0.15) is 4.72 Å². The molecule has 0 saturated heterocycles. The molecule has 1 amide bonds. The van der Waals surface area contributed by atoms with E-state index in [4.69, 9.17) is 15.9 Å². The second kappa shape index (κ2) is 9.45. The van der Waals surface area contributed by atoms with E-state index in [2.05, 4.69) is 16.0 Å². The lowest BCUT2D eigenvalue weighted by Crippen LogP contribution is -2.28. The number of benzene rings is 2. The quantitative estimate of drug-likeness (QED) is 0.645. The van der Waals surface area contributed by atoms with Crippen molar-refractivity contribution in [1.82, 2.24) is 10.0 Å². The normalized spacial score (nSPS) is 12.0. The smallest absolute Gasteiger partial charge is 0.251 e. The molecular formula is C21H24N2O5S. The minimum atomic E-state index is -3.79. The monoisotopic (exact) mass is 416 g/mol. The van der Waals surface area contributed by atoms with E-state index in [1.807, 2.05) is 26.0 Å². The van der Waals surface area contributed by atoms with Gasteiger partial charge in [0.2, 0.25) is 10.0 Å². The topological polar surface area (TPSA) is 93.7 Å². The van der Waals surface area contributed by atoms with Crippen LogP contribution in [0.4, 0.5) is 0 Å². The van der Waals surface area contributed by atoms with Crippen molar-refractivity contribution in [1.29, 1.82) is 0 Å². The number of hydrogen-bond acceptors (Lipinski definition) is 5. The summed E-state index contributed by atoms with van der Waals surface area (Å²) in [6.07, 6.45) is 5.10. The number of terminal acetylenes is 1. The minimum Gasteiger partial charge on any atom is -0.493 e. The third-order valence-corrected chi connectivity index (χ3v) is 5.76. The van der Waals surface area contributed by atoms with Crippen molar-refractivity contribution in [3.63, 3.8) is 0 Å². The summed E-state index contributed by atoms with van der Waals surface area (Å²) >= 11 is 0. The second-order valence-electron chi connectivity index (χ2n) is 6.32. The highest BCUT2D eigenvalue weighted by Crippen LogP contribution is 2.33. The minimum absolute atomic E-state index is 0.0321. The van der Waals surface area contributed by atoms with Crippen molar-refractivity contribution < 1.29 is 22.7 Å². The SMILES string of the molecule is C#CCNS(=O)(=O)c1cccc(C(=O)NC(C)c2cc(OC)c(OC)cc2C)c1. The average molecular weight is 416 g/mol. The zero-order valence-electron chi connectivity index (χ0n) is 16.8. The predicted molar refractivity (Wildman–Crippen MR) is 111 cm³/mol. The molecule has 0 saturated carbocycles. The van der Waals surface area contributed by atoms with Gasteiger partial charge >= 0.3 is 0 Å². The lowest BCUT2D eigenvalue weighted by Gasteiger charge is -2.19. The summed E-state index contributed by atoms with van der Waals surface area (Å²) in [4.78, 5) is 12.7. The van der Waals surface area contributed by atoms with Gasteiger partial charge in [0.05, 0.1) is 31.7 Å². The molecule has 7 nitrogen and oxygen atoms in total. The number of carbonyl (C=O) groups excluding carboxylic acids is 1. The van der Waals surface area contributed by atoms with Crippen LogP contribution in [-0.4, -0.2) is 35.1 Å². The largest absolute Gasteiger partial charge is 0.493 e. The number of carbonyl (C=O) groups is 1. The van der Waals surface area contributed by atoms with Crippen molar-refractivity contribution in [2.45, 2.75) is 24.8 Å². The first-order chi connectivity index (χ1) is 13.7. The molecule has 0 bridgehead atoms. The highest BCUT2D eigenvalue weighted by molar-refractivity contribution is 7.89. The zero-order valence-corrected chi connectivity index (χ0v) is 17.6. The van der Waals surface area contributed by atoms with E-state index in [0.29, 0.717) is 11.5 Å². The molecule has 2 rings (SSSR count). The van der Waals surface area contributed by atoms with Gasteiger partial charge in [0.1, 0.15) is 0 Å². The number of sulfonamides is 1. The maximum atomic E-state index is 12.7. The first kappa shape index (κ1) is 22.3. The van der Waals surface area contributed by atoms with Crippen LogP contribution in [0, 0.1) is 19.3 Å². The molecule has 2 aromatic carbocycles. The number of rotatable bonds is 8. The Morgan fingerprint density at radius 3 is 2.45 bits per heavy atom. The van der Waals surface area contributed by atoms with Crippen LogP contribution in [0.25, 0.3) is 0 Å². The van der Waals surface area contributed by atoms with Crippen LogP contribution in [0.15, 0.2) is 41.3 Å². The molecule has 0 aliphatic carbocycles. The summed E-state index contributed by atoms with van der Waals surface area (Å²) in [6.45, 7) is 3.61. The van der Waals surface area contributed by atoms with Gasteiger partial charge in [0.15, 0.2) is 11.5 Å². The first-order valence-electron chi connectivity index (χ1n) is 8.80. The van der Waals surface area contributed by atoms with Crippen LogP contribution < -0.4 is 19.5 Å². The fourth-order valence-electron chi connectivity index (χ4n) is 2.85. The molecule has 0 heterocycles. The molecule has 0 aromatic heterocycles. The fraction of sp³-hybridized carbons (Fsp3) is 0.286. The van der Waals surface area contributed by atoms with E-state index in [-0.39, 0.29) is 23.0 Å². The Balaban J connectivity index is 2.25. The van der Waals surface area contributed by atoms with E-state index in [1.165, 1.54) is 18.2 Å². The molecule has 0 aliphatic rings. The fourth-order valence-corrected chi connectivity index (χ4v) is 3.82. The van der Waals surface area contributed by atoms with E-state index in [9.17, 15) is 13.2 Å². The molecular weight excluding hydrogens is 392 g/mol. The predicted octanol–water partition coefficient (Wildman–Crippen LogP) is 2.41. The Morgan fingerprint density at radius 1 is 1.17 bits per heavy atom. The van der Waals surface area contributed by atoms with E-state index < -0.39 is 15.9 Å². The van der Waals surface area contributed by atoms with Crippen LogP contribution in [0.1, 0.15) is 34.5 Å². The van der Waals surface area contributed by atoms with Gasteiger partial charge in [-0.15, -0.1) is 6.42 Å². The van der Waals surface area contributed by atoms with Crippen LogP contribution in [0.2, 0.25) is 0 Å². The number of methoxy groups -OCH3 is 2. The standard InChI is InChI=1S/C21H24N2O5S/c1-6-10-22-29(25,26)17-9-7-8-16(12-17)21(24)23-15(3)18-13-20(28-5)19(27-4)11-14(18)2/h1,7-9,11-13,15,22H,10H2,2-5H3,(H,23,24). The lowest BCUT2D eigenvalue weighted by atomic mass is 10.0. The van der Waals surface area contributed by atoms with Crippen molar-refractivity contribution >= 4 is 15.9 Å². The number of aryl methyl sites for hydroxylation is 1. The van der Waals surface area contributed by atoms with Gasteiger partial charge < -0.3 is 14.8 Å². The summed E-state index contributed by atoms with van der Waals surface area (Å²) in [6, 6.07) is 9.06. The summed E-state index contributed by atoms with van der Waals surface area (Å²) in [5.74, 6) is 2.97. The summed E-state index contributed by atoms with van der Waals surface area (Å²) in [5, 5.41) is 2.88. The Morgan fingerprint density at radius 2 is 1.83 bits per heavy atom. The summed E-state index contributed by atoms with van der Waals surface area (Å²) in [7, 11) is -0.686. The van der Waals surface area contributed by atoms with Gasteiger partial charge in [0, 0.05) is 5.56 Å². The Kier molecular flexibility index (Phi) is 7.26. The molecule has 0 aliphatic heterocycles. The molecule has 8 heteroatoms. The highest BCUT2D eigenvalue weighted by Gasteiger charge is 2.19. The van der Waals surface area contributed by atoms with Gasteiger partial charge in [-0.3, -0.25) is 4.79 Å². The molecule has 0 fully saturated rings. The Labute approximate surface area is 171 Å². The van der Waals surface area contributed by atoms with E-state index in [0.717, 1.165) is 11.1 Å². The van der Waals surface area contributed by atoms with Gasteiger partial charge in [-0.1, -0.05) is 12.0 Å². The molecule has 29 heavy (non-hydrogen) atoms. The molecule has 2 N–H and O–H groups in total. The van der Waals surface area contributed by atoms with Crippen molar-refractivity contribution in [2.75, 3.05) is 20.8 Å². The molecule has 0 radical (unpaired) electrons. The van der Waals surface area contributed by atoms with E-state index >= 15 is 0 Å². The Bertz CT molecular complexity index is 1040. The molecule has 0 spiro atoms. The van der Waals surface area contributed by atoms with Crippen molar-refractivity contribution in [3.8, 4) is 23.8 Å². The maximum absolute atomic E-state index is 12.7. The van der Waals surface area contributed by atoms with Crippen LogP contribution >= 0.6 is 0 Å². The second-order valence-corrected chi connectivity index (χ2v) is 8.08.